The molecule has 0 saturated heterocycles. The second kappa shape index (κ2) is 3.98. The quantitative estimate of drug-likeness (QED) is 0.613. The van der Waals surface area contributed by atoms with Crippen molar-refractivity contribution in [2.75, 3.05) is 25.0 Å². The first-order valence-corrected chi connectivity index (χ1v) is 4.11. The van der Waals surface area contributed by atoms with Crippen molar-refractivity contribution in [1.29, 1.82) is 0 Å². The number of halogens is 3. The summed E-state index contributed by atoms with van der Waals surface area (Å²) in [5, 5.41) is 1.29. The molecule has 2 N–H and O–H groups in total. The standard InChI is InChI=1S/C9H11F3N2O/c1-14(15-2)8-4-3-6(5-7(8)13)9(10,11)12/h3-5H,13H2,1-2H3. The minimum atomic E-state index is -4.38. The summed E-state index contributed by atoms with van der Waals surface area (Å²) in [5.74, 6) is 0. The lowest BCUT2D eigenvalue weighted by Gasteiger charge is -2.18. The molecule has 0 saturated carbocycles. The second-order valence-corrected chi connectivity index (χ2v) is 2.95. The van der Waals surface area contributed by atoms with Crippen LogP contribution in [-0.2, 0) is 11.0 Å². The van der Waals surface area contributed by atoms with Crippen LogP contribution in [0.5, 0.6) is 0 Å². The van der Waals surface area contributed by atoms with Gasteiger partial charge in [-0.05, 0) is 18.2 Å². The maximum Gasteiger partial charge on any atom is 0.416 e. The largest absolute Gasteiger partial charge is 0.416 e. The molecule has 0 fully saturated rings. The van der Waals surface area contributed by atoms with Crippen LogP contribution in [0.4, 0.5) is 24.5 Å². The Labute approximate surface area is 85.2 Å². The molecular weight excluding hydrogens is 209 g/mol. The van der Waals surface area contributed by atoms with Crippen LogP contribution in [-0.4, -0.2) is 14.2 Å². The van der Waals surface area contributed by atoms with Gasteiger partial charge in [-0.2, -0.15) is 13.2 Å². The van der Waals surface area contributed by atoms with Crippen LogP contribution in [0.3, 0.4) is 0 Å². The van der Waals surface area contributed by atoms with Gasteiger partial charge >= 0.3 is 6.18 Å². The Morgan fingerprint density at radius 3 is 2.33 bits per heavy atom. The average Bonchev–Trinajstić information content (AvgIpc) is 2.15. The lowest BCUT2D eigenvalue weighted by atomic mass is 10.1. The first-order valence-electron chi connectivity index (χ1n) is 4.11. The normalized spacial score (nSPS) is 11.5. The number of nitrogen functional groups attached to an aromatic ring is 1. The molecule has 1 aromatic rings. The first-order chi connectivity index (χ1) is 6.86. The van der Waals surface area contributed by atoms with Crippen LogP contribution >= 0.6 is 0 Å². The van der Waals surface area contributed by atoms with Crippen molar-refractivity contribution in [2.45, 2.75) is 6.18 Å². The predicted molar refractivity (Wildman–Crippen MR) is 51.3 cm³/mol. The molecule has 0 atom stereocenters. The Morgan fingerprint density at radius 1 is 1.33 bits per heavy atom. The Kier molecular flexibility index (Phi) is 3.09. The molecule has 0 amide bonds. The van der Waals surface area contributed by atoms with E-state index < -0.39 is 11.7 Å². The maximum absolute atomic E-state index is 12.3. The van der Waals surface area contributed by atoms with Crippen LogP contribution in [0, 0.1) is 0 Å². The third-order valence-corrected chi connectivity index (χ3v) is 1.97. The van der Waals surface area contributed by atoms with E-state index in [1.807, 2.05) is 0 Å². The zero-order chi connectivity index (χ0) is 11.6. The van der Waals surface area contributed by atoms with Gasteiger partial charge in [-0.3, -0.25) is 9.90 Å². The number of nitrogens with two attached hydrogens (primary N) is 1. The number of hydrogen-bond acceptors (Lipinski definition) is 3. The van der Waals surface area contributed by atoms with E-state index in [9.17, 15) is 13.2 Å². The average molecular weight is 220 g/mol. The maximum atomic E-state index is 12.3. The lowest BCUT2D eigenvalue weighted by Crippen LogP contribution is -2.17. The van der Waals surface area contributed by atoms with E-state index in [0.29, 0.717) is 5.69 Å². The molecule has 15 heavy (non-hydrogen) atoms. The molecule has 1 rings (SSSR count). The van der Waals surface area contributed by atoms with Crippen LogP contribution in [0.15, 0.2) is 18.2 Å². The number of benzene rings is 1. The zero-order valence-corrected chi connectivity index (χ0v) is 8.30. The molecule has 0 spiro atoms. The predicted octanol–water partition coefficient (Wildman–Crippen LogP) is 2.29. The Morgan fingerprint density at radius 2 is 1.93 bits per heavy atom. The molecule has 84 valence electrons. The molecule has 0 aliphatic rings. The van der Waals surface area contributed by atoms with Gasteiger partial charge in [-0.1, -0.05) is 0 Å². The van der Waals surface area contributed by atoms with Gasteiger partial charge in [0.2, 0.25) is 0 Å². The van der Waals surface area contributed by atoms with Crippen molar-refractivity contribution in [2.24, 2.45) is 0 Å². The van der Waals surface area contributed by atoms with E-state index >= 15 is 0 Å². The van der Waals surface area contributed by atoms with Crippen molar-refractivity contribution in [1.82, 2.24) is 0 Å². The number of alkyl halides is 3. The summed E-state index contributed by atoms with van der Waals surface area (Å²) in [6.45, 7) is 0. The fourth-order valence-corrected chi connectivity index (χ4v) is 1.12. The molecule has 0 aliphatic carbocycles. The van der Waals surface area contributed by atoms with Gasteiger partial charge < -0.3 is 5.73 Å². The van der Waals surface area contributed by atoms with Crippen molar-refractivity contribution in [3.05, 3.63) is 23.8 Å². The molecular formula is C9H11F3N2O. The molecule has 0 unspecified atom stereocenters. The smallest absolute Gasteiger partial charge is 0.397 e. The van der Waals surface area contributed by atoms with Crippen LogP contribution in [0.25, 0.3) is 0 Å². The molecule has 0 heterocycles. The SMILES string of the molecule is CON(C)c1ccc(C(F)(F)F)cc1N. The highest BCUT2D eigenvalue weighted by molar-refractivity contribution is 5.67. The molecule has 0 bridgehead atoms. The highest BCUT2D eigenvalue weighted by Gasteiger charge is 2.30. The Hall–Kier alpha value is -1.43. The second-order valence-electron chi connectivity index (χ2n) is 2.95. The Balaban J connectivity index is 3.09. The third-order valence-electron chi connectivity index (χ3n) is 1.97. The summed E-state index contributed by atoms with van der Waals surface area (Å²) >= 11 is 0. The lowest BCUT2D eigenvalue weighted by molar-refractivity contribution is -0.137. The van der Waals surface area contributed by atoms with Gasteiger partial charge in [-0.15, -0.1) is 0 Å². The van der Waals surface area contributed by atoms with Crippen molar-refractivity contribution in [3.63, 3.8) is 0 Å². The summed E-state index contributed by atoms with van der Waals surface area (Å²) < 4.78 is 36.8. The highest BCUT2D eigenvalue weighted by Crippen LogP contribution is 2.33. The van der Waals surface area contributed by atoms with E-state index in [1.54, 1.807) is 7.05 Å². The van der Waals surface area contributed by atoms with E-state index in [0.717, 1.165) is 12.1 Å². The van der Waals surface area contributed by atoms with E-state index in [4.69, 9.17) is 10.6 Å². The monoisotopic (exact) mass is 220 g/mol. The van der Waals surface area contributed by atoms with Crippen LogP contribution < -0.4 is 10.8 Å². The van der Waals surface area contributed by atoms with Gasteiger partial charge in [-0.25, -0.2) is 0 Å². The number of anilines is 2. The van der Waals surface area contributed by atoms with Crippen LogP contribution in [0.2, 0.25) is 0 Å². The molecule has 0 aliphatic heterocycles. The van der Waals surface area contributed by atoms with E-state index in [-0.39, 0.29) is 5.69 Å². The van der Waals surface area contributed by atoms with Gasteiger partial charge in [0.1, 0.15) is 0 Å². The first kappa shape index (κ1) is 11.6. The topological polar surface area (TPSA) is 38.5 Å². The fraction of sp³-hybridized carbons (Fsp3) is 0.333. The summed E-state index contributed by atoms with van der Waals surface area (Å²) in [6, 6.07) is 3.10. The van der Waals surface area contributed by atoms with E-state index in [2.05, 4.69) is 0 Å². The molecule has 0 aromatic heterocycles. The Bertz CT molecular complexity index is 352. The number of nitrogens with zero attached hydrogens (tertiary/aromatic N) is 1. The summed E-state index contributed by atoms with van der Waals surface area (Å²) in [6.07, 6.45) is -4.38. The summed E-state index contributed by atoms with van der Waals surface area (Å²) in [7, 11) is 2.95. The van der Waals surface area contributed by atoms with Crippen molar-refractivity contribution >= 4 is 11.4 Å². The molecule has 0 radical (unpaired) electrons. The summed E-state index contributed by atoms with van der Waals surface area (Å²) in [5.41, 5.74) is 5.12. The number of rotatable bonds is 2. The van der Waals surface area contributed by atoms with Crippen molar-refractivity contribution < 1.29 is 18.0 Å². The van der Waals surface area contributed by atoms with Gasteiger partial charge in [0.05, 0.1) is 24.0 Å². The zero-order valence-electron chi connectivity index (χ0n) is 8.30. The molecule has 3 nitrogen and oxygen atoms in total. The third kappa shape index (κ3) is 2.53. The van der Waals surface area contributed by atoms with Gasteiger partial charge in [0.15, 0.2) is 0 Å². The van der Waals surface area contributed by atoms with Gasteiger partial charge in [0, 0.05) is 7.05 Å². The van der Waals surface area contributed by atoms with E-state index in [1.165, 1.54) is 18.2 Å². The number of hydrogen-bond donors (Lipinski definition) is 1. The van der Waals surface area contributed by atoms with Crippen molar-refractivity contribution in [3.8, 4) is 0 Å². The minimum absolute atomic E-state index is 0.0224. The van der Waals surface area contributed by atoms with Crippen LogP contribution in [0.1, 0.15) is 5.56 Å². The van der Waals surface area contributed by atoms with Gasteiger partial charge in [0.25, 0.3) is 0 Å². The molecule has 6 heteroatoms. The minimum Gasteiger partial charge on any atom is -0.397 e. The number of hydroxylamine groups is 1. The summed E-state index contributed by atoms with van der Waals surface area (Å²) in [4.78, 5) is 4.81. The fourth-order valence-electron chi connectivity index (χ4n) is 1.12. The molecule has 1 aromatic carbocycles. The highest BCUT2D eigenvalue weighted by atomic mass is 19.4.